The predicted octanol–water partition coefficient (Wildman–Crippen LogP) is 3.54. The highest BCUT2D eigenvalue weighted by Gasteiger charge is 2.23. The summed E-state index contributed by atoms with van der Waals surface area (Å²) in [5.41, 5.74) is 7.67. The lowest BCUT2D eigenvalue weighted by molar-refractivity contribution is 0.193. The molecule has 0 spiro atoms. The fourth-order valence-electron chi connectivity index (χ4n) is 2.86. The molecule has 1 aliphatic rings. The van der Waals surface area contributed by atoms with Crippen molar-refractivity contribution in [1.29, 1.82) is 0 Å². The van der Waals surface area contributed by atoms with Gasteiger partial charge in [-0.15, -0.1) is 0 Å². The first kappa shape index (κ1) is 14.0. The maximum Gasteiger partial charge on any atom is 0.0247 e. The van der Waals surface area contributed by atoms with Gasteiger partial charge >= 0.3 is 0 Å². The van der Waals surface area contributed by atoms with Crippen LogP contribution in [-0.2, 0) is 6.54 Å². The molecule has 0 bridgehead atoms. The molecule has 1 aromatic carbocycles. The first-order chi connectivity index (χ1) is 8.66. The van der Waals surface area contributed by atoms with Crippen LogP contribution in [0.5, 0.6) is 0 Å². The minimum absolute atomic E-state index is 0.341. The molecular formula is C15H23BrN2. The van der Waals surface area contributed by atoms with E-state index in [1.54, 1.807) is 0 Å². The van der Waals surface area contributed by atoms with E-state index in [1.807, 2.05) is 0 Å². The van der Waals surface area contributed by atoms with Crippen molar-refractivity contribution >= 4 is 15.9 Å². The van der Waals surface area contributed by atoms with Gasteiger partial charge in [-0.3, -0.25) is 4.90 Å². The van der Waals surface area contributed by atoms with Crippen LogP contribution in [0.15, 0.2) is 28.7 Å². The molecule has 0 saturated heterocycles. The summed E-state index contributed by atoms with van der Waals surface area (Å²) in [5, 5.41) is 0. The van der Waals surface area contributed by atoms with Crippen molar-refractivity contribution in [2.75, 3.05) is 7.05 Å². The van der Waals surface area contributed by atoms with Gasteiger partial charge in [0.15, 0.2) is 0 Å². The number of likely N-dealkylation sites (N-methyl/N-ethyl adjacent to an activating group) is 1. The number of rotatable bonds is 3. The van der Waals surface area contributed by atoms with Crippen molar-refractivity contribution in [1.82, 2.24) is 4.90 Å². The number of hydrogen-bond donors (Lipinski definition) is 1. The number of nitrogens with two attached hydrogens (primary N) is 1. The zero-order chi connectivity index (χ0) is 13.0. The second-order valence-electron chi connectivity index (χ2n) is 5.41. The highest BCUT2D eigenvalue weighted by Crippen LogP contribution is 2.22. The second kappa shape index (κ2) is 6.69. The van der Waals surface area contributed by atoms with Crippen molar-refractivity contribution in [2.24, 2.45) is 5.73 Å². The molecule has 2 rings (SSSR count). The van der Waals surface area contributed by atoms with Crippen LogP contribution in [0, 0.1) is 0 Å². The van der Waals surface area contributed by atoms with Gasteiger partial charge in [0.25, 0.3) is 0 Å². The molecule has 0 amide bonds. The van der Waals surface area contributed by atoms with Gasteiger partial charge in [-0.2, -0.15) is 0 Å². The lowest BCUT2D eigenvalue weighted by Gasteiger charge is -2.31. The summed E-state index contributed by atoms with van der Waals surface area (Å²) in [6, 6.07) is 9.46. The van der Waals surface area contributed by atoms with Crippen LogP contribution in [-0.4, -0.2) is 24.0 Å². The third kappa shape index (κ3) is 3.81. The molecule has 2 atom stereocenters. The van der Waals surface area contributed by atoms with E-state index < -0.39 is 0 Å². The normalized spacial score (nSPS) is 25.1. The summed E-state index contributed by atoms with van der Waals surface area (Å²) in [4.78, 5) is 2.43. The lowest BCUT2D eigenvalue weighted by Crippen LogP contribution is -2.44. The maximum atomic E-state index is 6.31. The minimum atomic E-state index is 0.341. The Kier molecular flexibility index (Phi) is 5.22. The molecule has 0 aliphatic heterocycles. The van der Waals surface area contributed by atoms with Gasteiger partial charge in [-0.05, 0) is 37.6 Å². The van der Waals surface area contributed by atoms with E-state index in [1.165, 1.54) is 37.7 Å². The van der Waals surface area contributed by atoms with Gasteiger partial charge in [0, 0.05) is 23.1 Å². The summed E-state index contributed by atoms with van der Waals surface area (Å²) in [6.45, 7) is 0.992. The van der Waals surface area contributed by atoms with Crippen LogP contribution in [0.3, 0.4) is 0 Å². The largest absolute Gasteiger partial charge is 0.326 e. The summed E-state index contributed by atoms with van der Waals surface area (Å²) in [6.07, 6.45) is 6.38. The Morgan fingerprint density at radius 2 is 1.83 bits per heavy atom. The molecule has 1 aliphatic carbocycles. The Morgan fingerprint density at radius 3 is 2.56 bits per heavy atom. The SMILES string of the molecule is CN(Cc1ccc(Br)cc1)C1CCCCCC1N. The molecule has 18 heavy (non-hydrogen) atoms. The summed E-state index contributed by atoms with van der Waals surface area (Å²) in [7, 11) is 2.21. The van der Waals surface area contributed by atoms with E-state index in [9.17, 15) is 0 Å². The van der Waals surface area contributed by atoms with Crippen LogP contribution in [0.2, 0.25) is 0 Å². The van der Waals surface area contributed by atoms with Gasteiger partial charge in [-0.25, -0.2) is 0 Å². The first-order valence-corrected chi connectivity index (χ1v) is 7.66. The standard InChI is InChI=1S/C15H23BrN2/c1-18(11-12-7-9-13(16)10-8-12)15-6-4-2-3-5-14(15)17/h7-10,14-15H,2-6,11,17H2,1H3. The Labute approximate surface area is 119 Å². The molecule has 100 valence electrons. The van der Waals surface area contributed by atoms with Crippen molar-refractivity contribution in [2.45, 2.75) is 50.7 Å². The van der Waals surface area contributed by atoms with E-state index in [2.05, 4.69) is 52.1 Å². The van der Waals surface area contributed by atoms with Gasteiger partial charge in [0.1, 0.15) is 0 Å². The number of halogens is 1. The molecule has 1 aromatic rings. The molecule has 2 nitrogen and oxygen atoms in total. The third-order valence-corrected chi connectivity index (χ3v) is 4.47. The van der Waals surface area contributed by atoms with Crippen LogP contribution in [0.1, 0.15) is 37.7 Å². The average molecular weight is 311 g/mol. The van der Waals surface area contributed by atoms with E-state index >= 15 is 0 Å². The number of hydrogen-bond acceptors (Lipinski definition) is 2. The topological polar surface area (TPSA) is 29.3 Å². The zero-order valence-corrected chi connectivity index (χ0v) is 12.7. The monoisotopic (exact) mass is 310 g/mol. The van der Waals surface area contributed by atoms with Gasteiger partial charge in [0.2, 0.25) is 0 Å². The highest BCUT2D eigenvalue weighted by molar-refractivity contribution is 9.10. The predicted molar refractivity (Wildman–Crippen MR) is 80.5 cm³/mol. The highest BCUT2D eigenvalue weighted by atomic mass is 79.9. The fourth-order valence-corrected chi connectivity index (χ4v) is 3.12. The molecular weight excluding hydrogens is 288 g/mol. The maximum absolute atomic E-state index is 6.31. The number of nitrogens with zero attached hydrogens (tertiary/aromatic N) is 1. The Hall–Kier alpha value is -0.380. The van der Waals surface area contributed by atoms with Gasteiger partial charge < -0.3 is 5.73 Å². The molecule has 2 N–H and O–H groups in total. The molecule has 1 fully saturated rings. The smallest absolute Gasteiger partial charge is 0.0247 e. The van der Waals surface area contributed by atoms with E-state index in [4.69, 9.17) is 5.73 Å². The molecule has 3 heteroatoms. The Balaban J connectivity index is 1.97. The van der Waals surface area contributed by atoms with Crippen molar-refractivity contribution in [3.05, 3.63) is 34.3 Å². The average Bonchev–Trinajstić information content (AvgIpc) is 2.57. The zero-order valence-electron chi connectivity index (χ0n) is 11.1. The van der Waals surface area contributed by atoms with Crippen molar-refractivity contribution in [3.8, 4) is 0 Å². The fraction of sp³-hybridized carbons (Fsp3) is 0.600. The summed E-state index contributed by atoms with van der Waals surface area (Å²) >= 11 is 3.47. The quantitative estimate of drug-likeness (QED) is 0.865. The molecule has 0 radical (unpaired) electrons. The van der Waals surface area contributed by atoms with Gasteiger partial charge in [-0.1, -0.05) is 47.3 Å². The van der Waals surface area contributed by atoms with Crippen LogP contribution >= 0.6 is 15.9 Å². The van der Waals surface area contributed by atoms with Crippen LogP contribution in [0.4, 0.5) is 0 Å². The molecule has 0 heterocycles. The van der Waals surface area contributed by atoms with E-state index in [0.717, 1.165) is 11.0 Å². The number of benzene rings is 1. The van der Waals surface area contributed by atoms with Gasteiger partial charge in [0.05, 0.1) is 0 Å². The van der Waals surface area contributed by atoms with E-state index in [0.29, 0.717) is 12.1 Å². The second-order valence-corrected chi connectivity index (χ2v) is 6.33. The molecule has 2 unspecified atom stereocenters. The Morgan fingerprint density at radius 1 is 1.17 bits per heavy atom. The van der Waals surface area contributed by atoms with Crippen LogP contribution in [0.25, 0.3) is 0 Å². The van der Waals surface area contributed by atoms with E-state index in [-0.39, 0.29) is 0 Å². The lowest BCUT2D eigenvalue weighted by atomic mass is 10.0. The molecule has 0 aromatic heterocycles. The summed E-state index contributed by atoms with van der Waals surface area (Å²) in [5.74, 6) is 0. The minimum Gasteiger partial charge on any atom is -0.326 e. The molecule has 1 saturated carbocycles. The summed E-state index contributed by atoms with van der Waals surface area (Å²) < 4.78 is 1.14. The third-order valence-electron chi connectivity index (χ3n) is 3.94. The first-order valence-electron chi connectivity index (χ1n) is 6.87. The van der Waals surface area contributed by atoms with Crippen molar-refractivity contribution < 1.29 is 0 Å². The van der Waals surface area contributed by atoms with Crippen LogP contribution < -0.4 is 5.73 Å². The van der Waals surface area contributed by atoms with Crippen molar-refractivity contribution in [3.63, 3.8) is 0 Å². The Bertz CT molecular complexity index is 363.